The van der Waals surface area contributed by atoms with Crippen LogP contribution < -0.4 is 11.3 Å². The maximum atomic E-state index is 5.25. The number of hydrogen-bond acceptors (Lipinski definition) is 2. The molecule has 2 heteroatoms. The van der Waals surface area contributed by atoms with Crippen molar-refractivity contribution in [3.8, 4) is 0 Å². The molecule has 2 aliphatic carbocycles. The van der Waals surface area contributed by atoms with Crippen molar-refractivity contribution in [2.24, 2.45) is 23.6 Å². The summed E-state index contributed by atoms with van der Waals surface area (Å²) in [6.07, 6.45) is 7.33. The van der Waals surface area contributed by atoms with Crippen molar-refractivity contribution in [1.82, 2.24) is 5.43 Å². The van der Waals surface area contributed by atoms with Gasteiger partial charge in [0.25, 0.3) is 0 Å². The normalized spacial score (nSPS) is 41.7. The van der Waals surface area contributed by atoms with Crippen LogP contribution in [0.25, 0.3) is 0 Å². The van der Waals surface area contributed by atoms with Crippen molar-refractivity contribution >= 4 is 0 Å². The molecular formula is C9H18N2. The molecule has 64 valence electrons. The fraction of sp³-hybridized carbons (Fsp3) is 1.00. The minimum absolute atomic E-state index is 1.00. The van der Waals surface area contributed by atoms with Gasteiger partial charge in [0.15, 0.2) is 0 Å². The van der Waals surface area contributed by atoms with E-state index in [9.17, 15) is 0 Å². The van der Waals surface area contributed by atoms with Gasteiger partial charge >= 0.3 is 0 Å². The van der Waals surface area contributed by atoms with Gasteiger partial charge in [-0.25, -0.2) is 0 Å². The highest BCUT2D eigenvalue weighted by Crippen LogP contribution is 2.49. The molecule has 0 radical (unpaired) electrons. The van der Waals surface area contributed by atoms with E-state index >= 15 is 0 Å². The van der Waals surface area contributed by atoms with Crippen LogP contribution >= 0.6 is 0 Å². The van der Waals surface area contributed by atoms with Gasteiger partial charge in [0.1, 0.15) is 0 Å². The first-order chi connectivity index (χ1) is 5.40. The van der Waals surface area contributed by atoms with Crippen molar-refractivity contribution in [1.29, 1.82) is 0 Å². The second kappa shape index (κ2) is 3.11. The van der Waals surface area contributed by atoms with Gasteiger partial charge in [0.2, 0.25) is 0 Å². The first kappa shape index (κ1) is 7.56. The van der Waals surface area contributed by atoms with Crippen LogP contribution in [0.5, 0.6) is 0 Å². The summed E-state index contributed by atoms with van der Waals surface area (Å²) in [5.74, 6) is 8.41. The molecule has 0 amide bonds. The van der Waals surface area contributed by atoms with E-state index in [0.29, 0.717) is 0 Å². The van der Waals surface area contributed by atoms with Crippen LogP contribution in [0.4, 0.5) is 0 Å². The lowest BCUT2D eigenvalue weighted by molar-refractivity contribution is 0.311. The highest BCUT2D eigenvalue weighted by Gasteiger charge is 2.38. The van der Waals surface area contributed by atoms with E-state index in [0.717, 1.165) is 24.3 Å². The summed E-state index contributed by atoms with van der Waals surface area (Å²) in [4.78, 5) is 0. The van der Waals surface area contributed by atoms with E-state index in [2.05, 4.69) is 5.43 Å². The fourth-order valence-corrected chi connectivity index (χ4v) is 3.00. The SMILES string of the molecule is NNCCC1CC2CCC1C2. The molecule has 2 saturated carbocycles. The first-order valence-electron chi connectivity index (χ1n) is 4.83. The molecule has 3 atom stereocenters. The van der Waals surface area contributed by atoms with Gasteiger partial charge in [-0.1, -0.05) is 6.42 Å². The lowest BCUT2D eigenvalue weighted by Gasteiger charge is -2.20. The number of nitrogens with two attached hydrogens (primary N) is 1. The second-order valence-corrected chi connectivity index (χ2v) is 4.18. The summed E-state index contributed by atoms with van der Waals surface area (Å²) in [5, 5.41) is 0. The highest BCUT2D eigenvalue weighted by atomic mass is 15.2. The Morgan fingerprint density at radius 2 is 2.18 bits per heavy atom. The molecule has 2 fully saturated rings. The number of hydrogen-bond donors (Lipinski definition) is 2. The van der Waals surface area contributed by atoms with Gasteiger partial charge in [0.05, 0.1) is 0 Å². The van der Waals surface area contributed by atoms with Crippen LogP contribution in [0, 0.1) is 17.8 Å². The molecule has 0 aromatic heterocycles. The molecule has 0 aliphatic heterocycles. The molecule has 0 heterocycles. The van der Waals surface area contributed by atoms with E-state index in [-0.39, 0.29) is 0 Å². The van der Waals surface area contributed by atoms with Gasteiger partial charge in [0, 0.05) is 6.54 Å². The van der Waals surface area contributed by atoms with Crippen LogP contribution in [-0.2, 0) is 0 Å². The smallest absolute Gasteiger partial charge is 0.0100 e. The molecule has 2 nitrogen and oxygen atoms in total. The van der Waals surface area contributed by atoms with Crippen LogP contribution in [0.15, 0.2) is 0 Å². The van der Waals surface area contributed by atoms with Crippen molar-refractivity contribution in [2.75, 3.05) is 6.54 Å². The Labute approximate surface area is 68.5 Å². The molecule has 0 saturated heterocycles. The largest absolute Gasteiger partial charge is 0.271 e. The number of nitrogens with one attached hydrogen (secondary N) is 1. The standard InChI is InChI=1S/C9H18N2/c10-11-4-3-9-6-7-1-2-8(9)5-7/h7-9,11H,1-6,10H2. The summed E-state index contributed by atoms with van der Waals surface area (Å²) in [6.45, 7) is 1.01. The lowest BCUT2D eigenvalue weighted by atomic mass is 9.86. The Balaban J connectivity index is 1.78. The average Bonchev–Trinajstić information content (AvgIpc) is 2.60. The van der Waals surface area contributed by atoms with E-state index in [1.165, 1.54) is 32.1 Å². The number of rotatable bonds is 3. The Kier molecular flexibility index (Phi) is 2.14. The predicted octanol–water partition coefficient (Wildman–Crippen LogP) is 1.28. The van der Waals surface area contributed by atoms with Crippen molar-refractivity contribution < 1.29 is 0 Å². The Morgan fingerprint density at radius 1 is 1.27 bits per heavy atom. The molecule has 0 aromatic carbocycles. The average molecular weight is 154 g/mol. The minimum atomic E-state index is 1.00. The molecular weight excluding hydrogens is 136 g/mol. The third-order valence-corrected chi connectivity index (χ3v) is 3.54. The van der Waals surface area contributed by atoms with Gasteiger partial charge in [-0.3, -0.25) is 11.3 Å². The highest BCUT2D eigenvalue weighted by molar-refractivity contribution is 4.89. The summed E-state index contributed by atoms with van der Waals surface area (Å²) >= 11 is 0. The zero-order valence-corrected chi connectivity index (χ0v) is 7.05. The molecule has 3 unspecified atom stereocenters. The summed E-state index contributed by atoms with van der Waals surface area (Å²) < 4.78 is 0. The Hall–Kier alpha value is -0.0800. The van der Waals surface area contributed by atoms with Crippen molar-refractivity contribution in [3.63, 3.8) is 0 Å². The quantitative estimate of drug-likeness (QED) is 0.474. The minimum Gasteiger partial charge on any atom is -0.271 e. The van der Waals surface area contributed by atoms with Gasteiger partial charge in [-0.15, -0.1) is 0 Å². The van der Waals surface area contributed by atoms with Gasteiger partial charge in [-0.2, -0.15) is 0 Å². The van der Waals surface area contributed by atoms with E-state index in [4.69, 9.17) is 5.84 Å². The third-order valence-electron chi connectivity index (χ3n) is 3.54. The Bertz CT molecular complexity index is 136. The van der Waals surface area contributed by atoms with E-state index in [1.54, 1.807) is 0 Å². The monoisotopic (exact) mass is 154 g/mol. The van der Waals surface area contributed by atoms with Crippen LogP contribution in [-0.4, -0.2) is 6.54 Å². The fourth-order valence-electron chi connectivity index (χ4n) is 3.00. The summed E-state index contributed by atoms with van der Waals surface area (Å²) in [5.41, 5.74) is 2.75. The van der Waals surface area contributed by atoms with E-state index < -0.39 is 0 Å². The third kappa shape index (κ3) is 1.42. The number of fused-ring (bicyclic) bond motifs is 2. The topological polar surface area (TPSA) is 38.0 Å². The maximum Gasteiger partial charge on any atom is 0.0100 e. The first-order valence-corrected chi connectivity index (χ1v) is 4.83. The predicted molar refractivity (Wildman–Crippen MR) is 45.7 cm³/mol. The van der Waals surface area contributed by atoms with Crippen LogP contribution in [0.1, 0.15) is 32.1 Å². The molecule has 2 bridgehead atoms. The zero-order valence-electron chi connectivity index (χ0n) is 7.05. The molecule has 3 N–H and O–H groups in total. The van der Waals surface area contributed by atoms with Crippen LogP contribution in [0.3, 0.4) is 0 Å². The van der Waals surface area contributed by atoms with Crippen molar-refractivity contribution in [2.45, 2.75) is 32.1 Å². The molecule has 2 aliphatic rings. The zero-order chi connectivity index (χ0) is 7.68. The maximum absolute atomic E-state index is 5.25. The summed E-state index contributed by atoms with van der Waals surface area (Å²) in [7, 11) is 0. The number of hydrazine groups is 1. The second-order valence-electron chi connectivity index (χ2n) is 4.18. The van der Waals surface area contributed by atoms with Gasteiger partial charge < -0.3 is 0 Å². The summed E-state index contributed by atoms with van der Waals surface area (Å²) in [6, 6.07) is 0. The van der Waals surface area contributed by atoms with Crippen LogP contribution in [0.2, 0.25) is 0 Å². The molecule has 11 heavy (non-hydrogen) atoms. The molecule has 0 spiro atoms. The molecule has 2 rings (SSSR count). The lowest BCUT2D eigenvalue weighted by Crippen LogP contribution is -2.26. The van der Waals surface area contributed by atoms with Crippen molar-refractivity contribution in [3.05, 3.63) is 0 Å². The Morgan fingerprint density at radius 3 is 2.73 bits per heavy atom. The van der Waals surface area contributed by atoms with Gasteiger partial charge in [-0.05, 0) is 43.4 Å². The van der Waals surface area contributed by atoms with E-state index in [1.807, 2.05) is 0 Å². The molecule has 0 aromatic rings.